The Kier molecular flexibility index (Phi) is 6.30. The van der Waals surface area contributed by atoms with Crippen LogP contribution in [0.2, 0.25) is 0 Å². The molecular weight excluding hydrogens is 285 g/mol. The third kappa shape index (κ3) is 5.05. The lowest BCUT2D eigenvalue weighted by Crippen LogP contribution is -2.56. The molecule has 6 heteroatoms. The van der Waals surface area contributed by atoms with Crippen LogP contribution in [0.3, 0.4) is 0 Å². The van der Waals surface area contributed by atoms with Gasteiger partial charge in [-0.25, -0.2) is 4.39 Å². The van der Waals surface area contributed by atoms with E-state index in [0.717, 1.165) is 18.7 Å². The minimum Gasteiger partial charge on any atom is -0.375 e. The molecule has 0 spiro atoms. The van der Waals surface area contributed by atoms with Gasteiger partial charge in [0.05, 0.1) is 12.7 Å². The molecule has 0 aromatic heterocycles. The smallest absolute Gasteiger partial charge is 0.239 e. The predicted molar refractivity (Wildman–Crippen MR) is 82.9 cm³/mol. The summed E-state index contributed by atoms with van der Waals surface area (Å²) in [4.78, 5) is 14.2. The first kappa shape index (κ1) is 16.9. The van der Waals surface area contributed by atoms with Crippen LogP contribution in [0.5, 0.6) is 0 Å². The molecule has 0 bridgehead atoms. The van der Waals surface area contributed by atoms with Crippen LogP contribution in [0.15, 0.2) is 24.3 Å². The van der Waals surface area contributed by atoms with Crippen molar-refractivity contribution in [2.75, 3.05) is 33.3 Å². The van der Waals surface area contributed by atoms with Crippen LogP contribution in [-0.2, 0) is 16.1 Å². The SMILES string of the molecule is C[C@H]1OCCN[C@@H]1C(=O)NCCN(C)Cc1ccc(F)cc1. The normalized spacial score (nSPS) is 21.8. The van der Waals surface area contributed by atoms with Gasteiger partial charge in [0.25, 0.3) is 0 Å². The van der Waals surface area contributed by atoms with Crippen molar-refractivity contribution < 1.29 is 13.9 Å². The molecule has 1 saturated heterocycles. The summed E-state index contributed by atoms with van der Waals surface area (Å²) in [5.74, 6) is -0.252. The van der Waals surface area contributed by atoms with Crippen molar-refractivity contribution in [3.05, 3.63) is 35.6 Å². The van der Waals surface area contributed by atoms with E-state index in [4.69, 9.17) is 4.74 Å². The Morgan fingerprint density at radius 2 is 2.18 bits per heavy atom. The van der Waals surface area contributed by atoms with Crippen LogP contribution in [0.4, 0.5) is 4.39 Å². The number of carbonyl (C=O) groups is 1. The molecule has 1 aliphatic rings. The number of amides is 1. The third-order valence-corrected chi connectivity index (χ3v) is 3.76. The van der Waals surface area contributed by atoms with Crippen molar-refractivity contribution in [1.29, 1.82) is 0 Å². The standard InChI is InChI=1S/C16H24FN3O2/c1-12-15(18-8-10-22-12)16(21)19-7-9-20(2)11-13-3-5-14(17)6-4-13/h3-6,12,15,18H,7-11H2,1-2H3,(H,19,21)/t12-,15+/m1/s1. The van der Waals surface area contributed by atoms with Crippen molar-refractivity contribution >= 4 is 5.91 Å². The zero-order valence-electron chi connectivity index (χ0n) is 13.1. The van der Waals surface area contributed by atoms with E-state index in [1.165, 1.54) is 12.1 Å². The first-order valence-corrected chi connectivity index (χ1v) is 7.62. The molecule has 0 saturated carbocycles. The quantitative estimate of drug-likeness (QED) is 0.814. The Balaban J connectivity index is 1.69. The third-order valence-electron chi connectivity index (χ3n) is 3.76. The number of carbonyl (C=O) groups excluding carboxylic acids is 1. The fourth-order valence-corrected chi connectivity index (χ4v) is 2.49. The van der Waals surface area contributed by atoms with Gasteiger partial charge in [-0.05, 0) is 31.7 Å². The average molecular weight is 309 g/mol. The number of rotatable bonds is 6. The molecule has 1 aliphatic heterocycles. The van der Waals surface area contributed by atoms with Crippen LogP contribution in [-0.4, -0.2) is 56.2 Å². The first-order valence-electron chi connectivity index (χ1n) is 7.62. The second-order valence-electron chi connectivity index (χ2n) is 5.66. The molecule has 1 aromatic rings. The highest BCUT2D eigenvalue weighted by molar-refractivity contribution is 5.82. The molecule has 0 radical (unpaired) electrons. The summed E-state index contributed by atoms with van der Waals surface area (Å²) in [5, 5.41) is 6.09. The molecule has 2 atom stereocenters. The number of halogens is 1. The Bertz CT molecular complexity index is 481. The highest BCUT2D eigenvalue weighted by Crippen LogP contribution is 2.06. The molecule has 122 valence electrons. The molecule has 2 rings (SSSR count). The van der Waals surface area contributed by atoms with Crippen LogP contribution in [0.25, 0.3) is 0 Å². The second-order valence-corrected chi connectivity index (χ2v) is 5.66. The van der Waals surface area contributed by atoms with Crippen LogP contribution < -0.4 is 10.6 Å². The summed E-state index contributed by atoms with van der Waals surface area (Å²) in [6, 6.07) is 6.18. The van der Waals surface area contributed by atoms with Crippen molar-refractivity contribution in [2.24, 2.45) is 0 Å². The Hall–Kier alpha value is -1.50. The highest BCUT2D eigenvalue weighted by atomic mass is 19.1. The number of hydrogen-bond acceptors (Lipinski definition) is 4. The number of benzene rings is 1. The zero-order chi connectivity index (χ0) is 15.9. The molecule has 0 aliphatic carbocycles. The fourth-order valence-electron chi connectivity index (χ4n) is 2.49. The molecule has 1 aromatic carbocycles. The van der Waals surface area contributed by atoms with Crippen molar-refractivity contribution in [2.45, 2.75) is 25.6 Å². The van der Waals surface area contributed by atoms with Gasteiger partial charge in [0.1, 0.15) is 11.9 Å². The highest BCUT2D eigenvalue weighted by Gasteiger charge is 2.27. The number of morpholine rings is 1. The van der Waals surface area contributed by atoms with Gasteiger partial charge in [-0.3, -0.25) is 4.79 Å². The Labute approximate surface area is 130 Å². The topological polar surface area (TPSA) is 53.6 Å². The van der Waals surface area contributed by atoms with Gasteiger partial charge >= 0.3 is 0 Å². The van der Waals surface area contributed by atoms with Gasteiger partial charge in [0.15, 0.2) is 0 Å². The molecule has 2 N–H and O–H groups in total. The minimum absolute atomic E-state index is 0.0256. The van der Waals surface area contributed by atoms with Crippen LogP contribution in [0, 0.1) is 5.82 Å². The van der Waals surface area contributed by atoms with Crippen molar-refractivity contribution in [3.8, 4) is 0 Å². The van der Waals surface area contributed by atoms with Crippen LogP contribution in [0.1, 0.15) is 12.5 Å². The summed E-state index contributed by atoms with van der Waals surface area (Å²) in [6.07, 6.45) is -0.106. The fraction of sp³-hybridized carbons (Fsp3) is 0.562. The van der Waals surface area contributed by atoms with Crippen LogP contribution >= 0.6 is 0 Å². The Morgan fingerprint density at radius 1 is 1.45 bits per heavy atom. The maximum absolute atomic E-state index is 12.8. The lowest BCUT2D eigenvalue weighted by atomic mass is 10.1. The van der Waals surface area contributed by atoms with Gasteiger partial charge in [0, 0.05) is 26.2 Å². The zero-order valence-corrected chi connectivity index (χ0v) is 13.1. The molecule has 1 amide bonds. The summed E-state index contributed by atoms with van der Waals surface area (Å²) < 4.78 is 18.3. The molecule has 5 nitrogen and oxygen atoms in total. The summed E-state index contributed by atoms with van der Waals surface area (Å²) >= 11 is 0. The van der Waals surface area contributed by atoms with Gasteiger partial charge in [-0.1, -0.05) is 12.1 Å². The summed E-state index contributed by atoms with van der Waals surface area (Å²) in [6.45, 7) is 5.26. The summed E-state index contributed by atoms with van der Waals surface area (Å²) in [7, 11) is 1.97. The number of ether oxygens (including phenoxy) is 1. The number of likely N-dealkylation sites (N-methyl/N-ethyl adjacent to an activating group) is 1. The van der Waals surface area contributed by atoms with Crippen molar-refractivity contribution in [1.82, 2.24) is 15.5 Å². The number of nitrogens with zero attached hydrogens (tertiary/aromatic N) is 1. The molecule has 1 heterocycles. The molecule has 0 unspecified atom stereocenters. The average Bonchev–Trinajstić information content (AvgIpc) is 2.50. The first-order chi connectivity index (χ1) is 10.6. The van der Waals surface area contributed by atoms with Gasteiger partial charge in [-0.2, -0.15) is 0 Å². The van der Waals surface area contributed by atoms with E-state index >= 15 is 0 Å². The van der Waals surface area contributed by atoms with E-state index < -0.39 is 0 Å². The number of hydrogen-bond donors (Lipinski definition) is 2. The lowest BCUT2D eigenvalue weighted by Gasteiger charge is -2.29. The predicted octanol–water partition coefficient (Wildman–Crippen LogP) is 0.751. The van der Waals surface area contributed by atoms with Gasteiger partial charge < -0.3 is 20.3 Å². The van der Waals surface area contributed by atoms with E-state index in [-0.39, 0.29) is 23.9 Å². The van der Waals surface area contributed by atoms with Crippen molar-refractivity contribution in [3.63, 3.8) is 0 Å². The largest absolute Gasteiger partial charge is 0.375 e. The van der Waals surface area contributed by atoms with Gasteiger partial charge in [-0.15, -0.1) is 0 Å². The van der Waals surface area contributed by atoms with E-state index in [0.29, 0.717) is 19.7 Å². The van der Waals surface area contributed by atoms with E-state index in [2.05, 4.69) is 15.5 Å². The molecule has 22 heavy (non-hydrogen) atoms. The maximum atomic E-state index is 12.8. The van der Waals surface area contributed by atoms with Gasteiger partial charge in [0.2, 0.25) is 5.91 Å². The van der Waals surface area contributed by atoms with E-state index in [1.807, 2.05) is 14.0 Å². The lowest BCUT2D eigenvalue weighted by molar-refractivity contribution is -0.128. The summed E-state index contributed by atoms with van der Waals surface area (Å²) in [5.41, 5.74) is 1.05. The maximum Gasteiger partial charge on any atom is 0.239 e. The number of nitrogens with one attached hydrogen (secondary N) is 2. The monoisotopic (exact) mass is 309 g/mol. The Morgan fingerprint density at radius 3 is 2.86 bits per heavy atom. The van der Waals surface area contributed by atoms with E-state index in [1.54, 1.807) is 12.1 Å². The van der Waals surface area contributed by atoms with E-state index in [9.17, 15) is 9.18 Å². The second kappa shape index (κ2) is 8.22. The molecular formula is C16H24FN3O2. The molecule has 1 fully saturated rings. The minimum atomic E-state index is -0.281.